The van der Waals surface area contributed by atoms with Crippen LogP contribution in [0.1, 0.15) is 26.3 Å². The molecule has 0 spiro atoms. The molecule has 0 aliphatic carbocycles. The Kier molecular flexibility index (Phi) is 4.66. The summed E-state index contributed by atoms with van der Waals surface area (Å²) in [7, 11) is 1.22. The highest BCUT2D eigenvalue weighted by Crippen LogP contribution is 2.14. The monoisotopic (exact) mass is 256 g/mol. The molecular weight excluding hydrogens is 248 g/mol. The molecule has 17 heavy (non-hydrogen) atoms. The van der Waals surface area contributed by atoms with Crippen molar-refractivity contribution in [3.8, 4) is 0 Å². The molecule has 0 N–H and O–H groups in total. The molecule has 5 nitrogen and oxygen atoms in total. The highest BCUT2D eigenvalue weighted by Gasteiger charge is 2.12. The number of carbonyl (C=O) groups is 3. The van der Waals surface area contributed by atoms with Gasteiger partial charge in [0.1, 0.15) is 6.61 Å². The molecule has 0 unspecified atom stereocenters. The van der Waals surface area contributed by atoms with Crippen LogP contribution in [0.2, 0.25) is 0 Å². The zero-order valence-electron chi connectivity index (χ0n) is 8.94. The average Bonchev–Trinajstić information content (AvgIpc) is 2.34. The van der Waals surface area contributed by atoms with Crippen LogP contribution in [0.3, 0.4) is 0 Å². The van der Waals surface area contributed by atoms with E-state index in [1.54, 1.807) is 0 Å². The Morgan fingerprint density at radius 1 is 1.29 bits per heavy atom. The van der Waals surface area contributed by atoms with Gasteiger partial charge in [0, 0.05) is 5.56 Å². The van der Waals surface area contributed by atoms with E-state index in [0.29, 0.717) is 5.56 Å². The third kappa shape index (κ3) is 3.57. The third-order valence-corrected chi connectivity index (χ3v) is 2.18. The molecule has 0 bridgehead atoms. The van der Waals surface area contributed by atoms with Crippen LogP contribution < -0.4 is 0 Å². The molecule has 0 aromatic heterocycles. The second-order valence-electron chi connectivity index (χ2n) is 3.09. The molecule has 90 valence electrons. The normalized spacial score (nSPS) is 9.53. The van der Waals surface area contributed by atoms with Gasteiger partial charge < -0.3 is 9.47 Å². The quantitative estimate of drug-likeness (QED) is 0.454. The number of halogens is 1. The second-order valence-corrected chi connectivity index (χ2v) is 3.43. The van der Waals surface area contributed by atoms with Gasteiger partial charge in [0.2, 0.25) is 0 Å². The van der Waals surface area contributed by atoms with Crippen molar-refractivity contribution in [3.05, 3.63) is 34.9 Å². The van der Waals surface area contributed by atoms with Crippen molar-refractivity contribution in [2.75, 3.05) is 7.11 Å². The van der Waals surface area contributed by atoms with Crippen LogP contribution in [0.25, 0.3) is 0 Å². The fraction of sp³-hybridized carbons (Fsp3) is 0.182. The summed E-state index contributed by atoms with van der Waals surface area (Å²) in [4.78, 5) is 32.4. The Labute approximate surface area is 102 Å². The first-order valence-electron chi connectivity index (χ1n) is 4.56. The Balaban J connectivity index is 3.13. The summed E-state index contributed by atoms with van der Waals surface area (Å²) < 4.78 is 9.06. The first kappa shape index (κ1) is 13.2. The van der Waals surface area contributed by atoms with Crippen LogP contribution in [0.4, 0.5) is 0 Å². The number of methoxy groups -OCH3 is 1. The van der Waals surface area contributed by atoms with Gasteiger partial charge in [-0.2, -0.15) is 0 Å². The number of ether oxygens (including phenoxy) is 2. The molecule has 0 saturated heterocycles. The largest absolute Gasteiger partial charge is 0.465 e. The first-order chi connectivity index (χ1) is 8.08. The van der Waals surface area contributed by atoms with E-state index in [9.17, 15) is 14.4 Å². The Morgan fingerprint density at radius 3 is 2.47 bits per heavy atom. The zero-order chi connectivity index (χ0) is 12.8. The van der Waals surface area contributed by atoms with E-state index >= 15 is 0 Å². The molecule has 0 heterocycles. The van der Waals surface area contributed by atoms with Crippen LogP contribution >= 0.6 is 11.6 Å². The minimum absolute atomic E-state index is 0.0501. The average molecular weight is 257 g/mol. The Morgan fingerprint density at radius 2 is 1.94 bits per heavy atom. The summed E-state index contributed by atoms with van der Waals surface area (Å²) in [5.41, 5.74) is 0.784. The summed E-state index contributed by atoms with van der Waals surface area (Å²) in [6.45, 7) is 0.221. The molecule has 0 radical (unpaired) electrons. The number of carbonyl (C=O) groups excluding carboxylic acids is 3. The molecule has 0 fully saturated rings. The van der Waals surface area contributed by atoms with Crippen LogP contribution in [0, 0.1) is 0 Å². The zero-order valence-corrected chi connectivity index (χ0v) is 9.69. The number of esters is 1. The smallest absolute Gasteiger partial charge is 0.337 e. The molecule has 0 aliphatic heterocycles. The highest BCUT2D eigenvalue weighted by atomic mass is 35.5. The van der Waals surface area contributed by atoms with Crippen LogP contribution in [-0.4, -0.2) is 24.8 Å². The molecule has 1 rings (SSSR count). The van der Waals surface area contributed by atoms with Gasteiger partial charge in [-0.05, 0) is 35.4 Å². The number of hydrogen-bond donors (Lipinski definition) is 0. The van der Waals surface area contributed by atoms with Gasteiger partial charge in [0.25, 0.3) is 11.7 Å². The predicted octanol–water partition coefficient (Wildman–Crippen LogP) is 1.53. The fourth-order valence-corrected chi connectivity index (χ4v) is 1.36. The van der Waals surface area contributed by atoms with Gasteiger partial charge in [-0.3, -0.25) is 9.59 Å². The van der Waals surface area contributed by atoms with Gasteiger partial charge in [0.05, 0.1) is 12.7 Å². The van der Waals surface area contributed by atoms with E-state index in [2.05, 4.69) is 9.47 Å². The maximum Gasteiger partial charge on any atom is 0.337 e. The fourth-order valence-electron chi connectivity index (χ4n) is 1.25. The summed E-state index contributed by atoms with van der Waals surface area (Å²) in [5.74, 6) is -0.600. The van der Waals surface area contributed by atoms with E-state index in [0.717, 1.165) is 0 Å². The molecule has 1 aromatic rings. The van der Waals surface area contributed by atoms with E-state index in [-0.39, 0.29) is 24.2 Å². The SMILES string of the molecule is COC(=O)c1cc(COC=O)cc(C(=O)Cl)c1. The van der Waals surface area contributed by atoms with E-state index < -0.39 is 11.2 Å². The lowest BCUT2D eigenvalue weighted by Crippen LogP contribution is -2.05. The van der Waals surface area contributed by atoms with Crippen molar-refractivity contribution in [1.82, 2.24) is 0 Å². The van der Waals surface area contributed by atoms with Crippen molar-refractivity contribution >= 4 is 29.3 Å². The second kappa shape index (κ2) is 6.00. The van der Waals surface area contributed by atoms with Crippen molar-refractivity contribution in [2.45, 2.75) is 6.61 Å². The molecule has 0 aliphatic rings. The molecule has 0 atom stereocenters. The van der Waals surface area contributed by atoms with Gasteiger partial charge in [-0.25, -0.2) is 4.79 Å². The van der Waals surface area contributed by atoms with E-state index in [4.69, 9.17) is 11.6 Å². The van der Waals surface area contributed by atoms with E-state index in [1.165, 1.54) is 25.3 Å². The minimum Gasteiger partial charge on any atom is -0.465 e. The summed E-state index contributed by atoms with van der Waals surface area (Å²) in [6, 6.07) is 4.20. The van der Waals surface area contributed by atoms with Crippen LogP contribution in [0.15, 0.2) is 18.2 Å². The number of hydrogen-bond acceptors (Lipinski definition) is 5. The van der Waals surface area contributed by atoms with Gasteiger partial charge in [0.15, 0.2) is 0 Å². The summed E-state index contributed by atoms with van der Waals surface area (Å²) in [6.07, 6.45) is 0. The van der Waals surface area contributed by atoms with Gasteiger partial charge >= 0.3 is 5.97 Å². The minimum atomic E-state index is -0.705. The lowest BCUT2D eigenvalue weighted by molar-refractivity contribution is -0.129. The highest BCUT2D eigenvalue weighted by molar-refractivity contribution is 6.67. The molecule has 6 heteroatoms. The maximum absolute atomic E-state index is 11.3. The molecular formula is C11H9ClO5. The van der Waals surface area contributed by atoms with Crippen LogP contribution in [0.5, 0.6) is 0 Å². The lowest BCUT2D eigenvalue weighted by atomic mass is 10.1. The van der Waals surface area contributed by atoms with Gasteiger partial charge in [-0.1, -0.05) is 0 Å². The standard InChI is InChI=1S/C11H9ClO5/c1-16-11(15)9-3-7(5-17-6-13)2-8(4-9)10(12)14/h2-4,6H,5H2,1H3. The first-order valence-corrected chi connectivity index (χ1v) is 4.93. The van der Waals surface area contributed by atoms with Gasteiger partial charge in [-0.15, -0.1) is 0 Å². The number of rotatable bonds is 5. The van der Waals surface area contributed by atoms with E-state index in [1.807, 2.05) is 0 Å². The number of benzene rings is 1. The third-order valence-electron chi connectivity index (χ3n) is 1.96. The summed E-state index contributed by atoms with van der Waals surface area (Å²) in [5, 5.41) is -0.705. The summed E-state index contributed by atoms with van der Waals surface area (Å²) >= 11 is 5.33. The van der Waals surface area contributed by atoms with Crippen molar-refractivity contribution < 1.29 is 23.9 Å². The maximum atomic E-state index is 11.3. The predicted molar refractivity (Wildman–Crippen MR) is 58.8 cm³/mol. The van der Waals surface area contributed by atoms with Crippen molar-refractivity contribution in [1.29, 1.82) is 0 Å². The Hall–Kier alpha value is -1.88. The molecule has 0 saturated carbocycles. The molecule has 1 aromatic carbocycles. The lowest BCUT2D eigenvalue weighted by Gasteiger charge is -2.05. The van der Waals surface area contributed by atoms with Crippen molar-refractivity contribution in [2.24, 2.45) is 0 Å². The topological polar surface area (TPSA) is 69.7 Å². The molecule has 0 amide bonds. The Bertz CT molecular complexity index is 455. The van der Waals surface area contributed by atoms with Crippen LogP contribution in [-0.2, 0) is 20.9 Å². The van der Waals surface area contributed by atoms with Crippen molar-refractivity contribution in [3.63, 3.8) is 0 Å².